The number of hydrogen-bond donors (Lipinski definition) is 1. The molecule has 1 rings (SSSR count). The summed E-state index contributed by atoms with van der Waals surface area (Å²) in [7, 11) is 1.61. The molecule has 0 aliphatic rings. The van der Waals surface area contributed by atoms with Crippen molar-refractivity contribution in [3.63, 3.8) is 0 Å². The first-order chi connectivity index (χ1) is 8.69. The molecule has 0 saturated carbocycles. The van der Waals surface area contributed by atoms with E-state index in [4.69, 9.17) is 15.2 Å². The summed E-state index contributed by atoms with van der Waals surface area (Å²) in [5, 5.41) is 0. The van der Waals surface area contributed by atoms with Crippen molar-refractivity contribution < 1.29 is 14.3 Å². The molecule has 0 aliphatic carbocycles. The third-order valence-electron chi connectivity index (χ3n) is 2.57. The first kappa shape index (κ1) is 14.3. The average Bonchev–Trinajstić information content (AvgIpc) is 2.38. The first-order valence-corrected chi connectivity index (χ1v) is 5.93. The van der Waals surface area contributed by atoms with E-state index in [1.807, 2.05) is 19.1 Å². The zero-order valence-corrected chi connectivity index (χ0v) is 10.9. The monoisotopic (exact) mass is 252 g/mol. The highest BCUT2D eigenvalue weighted by Crippen LogP contribution is 2.19. The number of para-hydroxylation sites is 2. The summed E-state index contributed by atoms with van der Waals surface area (Å²) < 4.78 is 10.4. The number of methoxy groups -OCH3 is 1. The number of benzene rings is 1. The SMILES string of the molecule is CCN(CCOC)C(=O)COc1ccccc1N. The van der Waals surface area contributed by atoms with Crippen LogP contribution >= 0.6 is 0 Å². The number of anilines is 1. The van der Waals surface area contributed by atoms with Crippen LogP contribution in [-0.4, -0.2) is 44.2 Å². The van der Waals surface area contributed by atoms with Crippen LogP contribution in [-0.2, 0) is 9.53 Å². The molecular formula is C13H20N2O3. The number of nitrogens with two attached hydrogens (primary N) is 1. The van der Waals surface area contributed by atoms with E-state index < -0.39 is 0 Å². The Morgan fingerprint density at radius 3 is 2.72 bits per heavy atom. The Kier molecular flexibility index (Phi) is 6.00. The molecule has 5 heteroatoms. The highest BCUT2D eigenvalue weighted by Gasteiger charge is 2.12. The number of rotatable bonds is 7. The van der Waals surface area contributed by atoms with E-state index in [-0.39, 0.29) is 12.5 Å². The molecule has 0 saturated heterocycles. The van der Waals surface area contributed by atoms with Gasteiger partial charge in [0.1, 0.15) is 5.75 Å². The Morgan fingerprint density at radius 2 is 2.11 bits per heavy atom. The van der Waals surface area contributed by atoms with Crippen LogP contribution in [0.2, 0.25) is 0 Å². The summed E-state index contributed by atoms with van der Waals surface area (Å²) in [5.74, 6) is 0.464. The molecule has 0 aromatic heterocycles. The lowest BCUT2D eigenvalue weighted by Gasteiger charge is -2.20. The highest BCUT2D eigenvalue weighted by molar-refractivity contribution is 5.78. The van der Waals surface area contributed by atoms with Gasteiger partial charge in [-0.25, -0.2) is 0 Å². The summed E-state index contributed by atoms with van der Waals surface area (Å²) in [6.07, 6.45) is 0. The zero-order valence-electron chi connectivity index (χ0n) is 10.9. The van der Waals surface area contributed by atoms with E-state index in [2.05, 4.69) is 0 Å². The van der Waals surface area contributed by atoms with E-state index in [1.54, 1.807) is 24.1 Å². The van der Waals surface area contributed by atoms with Crippen LogP contribution in [0.15, 0.2) is 24.3 Å². The Morgan fingerprint density at radius 1 is 1.39 bits per heavy atom. The van der Waals surface area contributed by atoms with Crippen molar-refractivity contribution in [1.29, 1.82) is 0 Å². The minimum atomic E-state index is -0.0715. The zero-order chi connectivity index (χ0) is 13.4. The molecule has 0 radical (unpaired) electrons. The van der Waals surface area contributed by atoms with E-state index in [0.29, 0.717) is 31.1 Å². The number of nitrogens with zero attached hydrogens (tertiary/aromatic N) is 1. The first-order valence-electron chi connectivity index (χ1n) is 5.93. The third kappa shape index (κ3) is 4.25. The number of ether oxygens (including phenoxy) is 2. The smallest absolute Gasteiger partial charge is 0.260 e. The molecule has 0 fully saturated rings. The van der Waals surface area contributed by atoms with Crippen molar-refractivity contribution in [3.8, 4) is 5.75 Å². The molecule has 1 aromatic carbocycles. The lowest BCUT2D eigenvalue weighted by Crippen LogP contribution is -2.37. The number of nitrogen functional groups attached to an aromatic ring is 1. The molecule has 0 bridgehead atoms. The molecular weight excluding hydrogens is 232 g/mol. The van der Waals surface area contributed by atoms with Gasteiger partial charge in [0.05, 0.1) is 12.3 Å². The van der Waals surface area contributed by atoms with Gasteiger partial charge in [-0.05, 0) is 19.1 Å². The Balaban J connectivity index is 2.47. The van der Waals surface area contributed by atoms with Gasteiger partial charge in [-0.3, -0.25) is 4.79 Å². The lowest BCUT2D eigenvalue weighted by atomic mass is 10.3. The number of likely N-dealkylation sites (N-methyl/N-ethyl adjacent to an activating group) is 1. The minimum absolute atomic E-state index is 0.00817. The third-order valence-corrected chi connectivity index (χ3v) is 2.57. The largest absolute Gasteiger partial charge is 0.482 e. The second kappa shape index (κ2) is 7.55. The number of carbonyl (C=O) groups excluding carboxylic acids is 1. The summed E-state index contributed by atoms with van der Waals surface area (Å²) in [5.41, 5.74) is 6.26. The molecule has 0 atom stereocenters. The van der Waals surface area contributed by atoms with Crippen LogP contribution in [0.3, 0.4) is 0 Å². The fourth-order valence-electron chi connectivity index (χ4n) is 1.50. The Hall–Kier alpha value is -1.75. The summed E-state index contributed by atoms with van der Waals surface area (Å²) in [4.78, 5) is 13.6. The standard InChI is InChI=1S/C13H20N2O3/c1-3-15(8-9-17-2)13(16)10-18-12-7-5-4-6-11(12)14/h4-7H,3,8-10,14H2,1-2H3. The van der Waals surface area contributed by atoms with Crippen molar-refractivity contribution in [2.45, 2.75) is 6.92 Å². The van der Waals surface area contributed by atoms with Crippen molar-refractivity contribution in [1.82, 2.24) is 4.90 Å². The molecule has 5 nitrogen and oxygen atoms in total. The predicted octanol–water partition coefficient (Wildman–Crippen LogP) is 1.14. The number of hydrogen-bond acceptors (Lipinski definition) is 4. The fourth-order valence-corrected chi connectivity index (χ4v) is 1.50. The van der Waals surface area contributed by atoms with Crippen molar-refractivity contribution in [2.24, 2.45) is 0 Å². The molecule has 18 heavy (non-hydrogen) atoms. The van der Waals surface area contributed by atoms with Crippen LogP contribution in [0.4, 0.5) is 5.69 Å². The van der Waals surface area contributed by atoms with E-state index in [1.165, 1.54) is 0 Å². The fraction of sp³-hybridized carbons (Fsp3) is 0.462. The van der Waals surface area contributed by atoms with Gasteiger partial charge in [-0.1, -0.05) is 12.1 Å². The molecule has 1 amide bonds. The van der Waals surface area contributed by atoms with E-state index in [0.717, 1.165) is 0 Å². The maximum atomic E-state index is 11.9. The predicted molar refractivity (Wildman–Crippen MR) is 70.5 cm³/mol. The van der Waals surface area contributed by atoms with Crippen LogP contribution < -0.4 is 10.5 Å². The van der Waals surface area contributed by atoms with E-state index in [9.17, 15) is 4.79 Å². The second-order valence-electron chi connectivity index (χ2n) is 3.79. The van der Waals surface area contributed by atoms with Crippen LogP contribution in [0, 0.1) is 0 Å². The lowest BCUT2D eigenvalue weighted by molar-refractivity contribution is -0.133. The number of amides is 1. The quantitative estimate of drug-likeness (QED) is 0.739. The van der Waals surface area contributed by atoms with Gasteiger partial charge >= 0.3 is 0 Å². The average molecular weight is 252 g/mol. The van der Waals surface area contributed by atoms with Crippen molar-refractivity contribution in [2.75, 3.05) is 39.1 Å². The minimum Gasteiger partial charge on any atom is -0.482 e. The summed E-state index contributed by atoms with van der Waals surface area (Å²) in [6, 6.07) is 7.12. The molecule has 0 heterocycles. The molecule has 1 aromatic rings. The maximum Gasteiger partial charge on any atom is 0.260 e. The maximum absolute atomic E-state index is 11.9. The normalized spacial score (nSPS) is 10.1. The number of carbonyl (C=O) groups is 1. The van der Waals surface area contributed by atoms with Gasteiger partial charge in [0.25, 0.3) is 5.91 Å². The second-order valence-corrected chi connectivity index (χ2v) is 3.79. The highest BCUT2D eigenvalue weighted by atomic mass is 16.5. The van der Waals surface area contributed by atoms with Crippen LogP contribution in [0.1, 0.15) is 6.92 Å². The topological polar surface area (TPSA) is 64.8 Å². The molecule has 0 aliphatic heterocycles. The van der Waals surface area contributed by atoms with Gasteiger partial charge in [0.2, 0.25) is 0 Å². The summed E-state index contributed by atoms with van der Waals surface area (Å²) in [6.45, 7) is 3.64. The Bertz CT molecular complexity index is 382. The Labute approximate surface area is 107 Å². The van der Waals surface area contributed by atoms with Crippen LogP contribution in [0.25, 0.3) is 0 Å². The van der Waals surface area contributed by atoms with Gasteiger partial charge in [0, 0.05) is 20.2 Å². The molecule has 2 N–H and O–H groups in total. The summed E-state index contributed by atoms with van der Waals surface area (Å²) >= 11 is 0. The van der Waals surface area contributed by atoms with Gasteiger partial charge in [-0.15, -0.1) is 0 Å². The van der Waals surface area contributed by atoms with Gasteiger partial charge < -0.3 is 20.1 Å². The van der Waals surface area contributed by atoms with Gasteiger partial charge in [-0.2, -0.15) is 0 Å². The van der Waals surface area contributed by atoms with Crippen molar-refractivity contribution >= 4 is 11.6 Å². The molecule has 0 spiro atoms. The van der Waals surface area contributed by atoms with E-state index >= 15 is 0 Å². The van der Waals surface area contributed by atoms with Crippen LogP contribution in [0.5, 0.6) is 5.75 Å². The van der Waals surface area contributed by atoms with Gasteiger partial charge in [0.15, 0.2) is 6.61 Å². The molecule has 100 valence electrons. The molecule has 0 unspecified atom stereocenters. The van der Waals surface area contributed by atoms with Crippen molar-refractivity contribution in [3.05, 3.63) is 24.3 Å².